The second kappa shape index (κ2) is 28.8. The van der Waals surface area contributed by atoms with Gasteiger partial charge in [-0.1, -0.05) is 75.4 Å². The molecule has 0 aliphatic carbocycles. The van der Waals surface area contributed by atoms with E-state index in [2.05, 4.69) is 117 Å². The smallest absolute Gasteiger partial charge is 0.748 e. The van der Waals surface area contributed by atoms with Gasteiger partial charge in [0.05, 0.1) is 36.5 Å². The van der Waals surface area contributed by atoms with Crippen LogP contribution in [-0.4, -0.2) is 75.1 Å². The first-order chi connectivity index (χ1) is 29.3. The average molecular weight is 930 g/mol. The summed E-state index contributed by atoms with van der Waals surface area (Å²) < 4.78 is 55.9. The molecule has 0 aromatic heterocycles. The van der Waals surface area contributed by atoms with Crippen molar-refractivity contribution in [2.75, 3.05) is 37.9 Å². The van der Waals surface area contributed by atoms with E-state index < -0.39 is 23.9 Å². The number of piperidine rings is 1. The quantitative estimate of drug-likeness (QED) is 0.0232. The van der Waals surface area contributed by atoms with E-state index in [0.29, 0.717) is 37.7 Å². The van der Waals surface area contributed by atoms with E-state index in [4.69, 9.17) is 19.0 Å². The maximum absolute atomic E-state index is 11.0. The van der Waals surface area contributed by atoms with Crippen molar-refractivity contribution < 1.29 is 84.4 Å². The number of benzene rings is 3. The zero-order chi connectivity index (χ0) is 45.2. The molecule has 4 rings (SSSR count). The van der Waals surface area contributed by atoms with Crippen LogP contribution in [-0.2, 0) is 24.3 Å². The van der Waals surface area contributed by atoms with Gasteiger partial charge >= 0.3 is 37.7 Å². The van der Waals surface area contributed by atoms with Crippen LogP contribution in [0.1, 0.15) is 133 Å². The van der Waals surface area contributed by atoms with Crippen LogP contribution in [0.25, 0.3) is 0 Å². The summed E-state index contributed by atoms with van der Waals surface area (Å²) in [5.41, 5.74) is 3.37. The van der Waals surface area contributed by atoms with E-state index in [9.17, 15) is 18.2 Å². The molecular formula is C48H73Li2NO10S2Si. The van der Waals surface area contributed by atoms with Crippen LogP contribution in [0.5, 0.6) is 17.2 Å². The molecular weight excluding hydrogens is 857 g/mol. The largest absolute Gasteiger partial charge is 1.00 e. The summed E-state index contributed by atoms with van der Waals surface area (Å²) in [6.45, 7) is 20.4. The molecule has 0 radical (unpaired) electrons. The second-order valence-electron chi connectivity index (χ2n) is 19.4. The summed E-state index contributed by atoms with van der Waals surface area (Å²) in [7, 11) is -5.43. The molecule has 1 fully saturated rings. The molecule has 3 aromatic rings. The van der Waals surface area contributed by atoms with Crippen molar-refractivity contribution in [3.8, 4) is 17.2 Å². The van der Waals surface area contributed by atoms with Gasteiger partial charge in [-0.05, 0) is 150 Å². The first-order valence-electron chi connectivity index (χ1n) is 22.5. The minimum atomic E-state index is -4.27. The SMILES string of the molecule is CC(CCCC(CC(CON1C(C)(C)CCCC1(C)C)c1cccc(OCCCSOO[O-])c1)c1cccc(OCCC[Si](C)(C)C)c1)c1cccc(OCCCS(=O)(=O)[O-])c1.[Li+].[Li+]. The fourth-order valence-corrected chi connectivity index (χ4v) is 10.6. The Hall–Kier alpha value is -1.47. The molecule has 0 spiro atoms. The van der Waals surface area contributed by atoms with E-state index in [1.807, 2.05) is 24.3 Å². The average Bonchev–Trinajstić information content (AvgIpc) is 3.20. The van der Waals surface area contributed by atoms with Gasteiger partial charge in [-0.3, -0.25) is 9.88 Å². The minimum Gasteiger partial charge on any atom is -0.748 e. The molecule has 1 heterocycles. The Morgan fingerprint density at radius 3 is 1.80 bits per heavy atom. The number of nitrogens with zero attached hydrogens (tertiary/aromatic N) is 1. The standard InChI is InChI=1S/C48H75NO10S2Si.2Li/c1-38(39-18-10-22-44(34-39)55-28-15-31-61(51,52)53)17-9-19-40(41-20-11-23-45(35-41)56-29-16-32-62(6,7)8)33-43(37-57-49-47(2,3)25-13-26-48(49,4)5)42-21-12-24-46(36-42)54-27-14-30-60-59-58-50;;/h10-12,18,20-24,34-36,38,40,43,50H,9,13-17,19,25-33,37H2,1-8H3,(H,51,52,53);;/q;2*+1/p-2. The normalized spacial score (nSPS) is 16.5. The third-order valence-corrected chi connectivity index (χ3v) is 15.0. The molecule has 16 heteroatoms. The zero-order valence-electron chi connectivity index (χ0n) is 40.5. The summed E-state index contributed by atoms with van der Waals surface area (Å²) in [5, 5.41) is 15.9. The Kier molecular flexibility index (Phi) is 26.4. The van der Waals surface area contributed by atoms with Crippen molar-refractivity contribution in [1.82, 2.24) is 5.06 Å². The van der Waals surface area contributed by atoms with Gasteiger partial charge in [-0.25, -0.2) is 8.42 Å². The fraction of sp³-hybridized carbons (Fsp3) is 0.625. The molecule has 11 nitrogen and oxygen atoms in total. The zero-order valence-corrected chi connectivity index (χ0v) is 43.2. The van der Waals surface area contributed by atoms with Crippen molar-refractivity contribution in [1.29, 1.82) is 0 Å². The van der Waals surface area contributed by atoms with Gasteiger partial charge in [-0.15, -0.1) is 0 Å². The molecule has 1 aliphatic rings. The molecule has 348 valence electrons. The van der Waals surface area contributed by atoms with E-state index in [1.54, 1.807) is 0 Å². The number of hydrogen-bond donors (Lipinski definition) is 0. The first-order valence-corrected chi connectivity index (χ1v) is 28.7. The Morgan fingerprint density at radius 1 is 0.734 bits per heavy atom. The van der Waals surface area contributed by atoms with Gasteiger partial charge in [0.25, 0.3) is 0 Å². The van der Waals surface area contributed by atoms with Gasteiger partial charge in [0.2, 0.25) is 0 Å². The summed E-state index contributed by atoms with van der Waals surface area (Å²) in [4.78, 5) is 6.98. The van der Waals surface area contributed by atoms with Crippen LogP contribution >= 0.6 is 12.0 Å². The van der Waals surface area contributed by atoms with Gasteiger partial charge in [0.1, 0.15) is 17.2 Å². The minimum absolute atomic E-state index is 0. The number of ether oxygens (including phenoxy) is 3. The van der Waals surface area contributed by atoms with Gasteiger partial charge in [0.15, 0.2) is 0 Å². The number of hydroxylamine groups is 2. The summed E-state index contributed by atoms with van der Waals surface area (Å²) in [6, 6.07) is 26.3. The van der Waals surface area contributed by atoms with Crippen LogP contribution in [0.15, 0.2) is 72.8 Å². The van der Waals surface area contributed by atoms with Crippen molar-refractivity contribution in [3.05, 3.63) is 89.5 Å². The molecule has 3 atom stereocenters. The van der Waals surface area contributed by atoms with Crippen LogP contribution in [0, 0.1) is 0 Å². The summed E-state index contributed by atoms with van der Waals surface area (Å²) >= 11 is 0.965. The van der Waals surface area contributed by atoms with Crippen molar-refractivity contribution in [2.45, 2.75) is 153 Å². The van der Waals surface area contributed by atoms with Crippen LogP contribution in [0.2, 0.25) is 25.7 Å². The van der Waals surface area contributed by atoms with E-state index in [-0.39, 0.29) is 79.6 Å². The van der Waals surface area contributed by atoms with E-state index >= 15 is 0 Å². The predicted molar refractivity (Wildman–Crippen MR) is 249 cm³/mol. The van der Waals surface area contributed by atoms with Crippen molar-refractivity contribution >= 4 is 30.2 Å². The number of hydrogen-bond acceptors (Lipinski definition) is 12. The monoisotopic (exact) mass is 929 g/mol. The molecule has 0 saturated carbocycles. The van der Waals surface area contributed by atoms with Crippen molar-refractivity contribution in [2.24, 2.45) is 0 Å². The van der Waals surface area contributed by atoms with Gasteiger partial charge in [-0.2, -0.15) is 9.40 Å². The molecule has 64 heavy (non-hydrogen) atoms. The summed E-state index contributed by atoms with van der Waals surface area (Å²) in [6.07, 6.45) is 8.98. The van der Waals surface area contributed by atoms with Gasteiger partial charge < -0.3 is 24.0 Å². The maximum atomic E-state index is 11.0. The van der Waals surface area contributed by atoms with Crippen LogP contribution in [0.4, 0.5) is 0 Å². The Labute approximate surface area is 414 Å². The molecule has 3 aromatic carbocycles. The second-order valence-corrected chi connectivity index (χ2v) is 27.3. The molecule has 0 amide bonds. The Bertz CT molecular complexity index is 1870. The van der Waals surface area contributed by atoms with Crippen LogP contribution < -0.4 is 57.2 Å². The summed E-state index contributed by atoms with van der Waals surface area (Å²) in [5.74, 6) is 3.03. The van der Waals surface area contributed by atoms with E-state index in [1.165, 1.54) is 18.0 Å². The molecule has 0 bridgehead atoms. The predicted octanol–water partition coefficient (Wildman–Crippen LogP) is 4.96. The third-order valence-electron chi connectivity index (χ3n) is 11.8. The molecule has 3 unspecified atom stereocenters. The maximum Gasteiger partial charge on any atom is 1.00 e. The molecule has 1 saturated heterocycles. The third kappa shape index (κ3) is 21.7. The Morgan fingerprint density at radius 2 is 1.25 bits per heavy atom. The first kappa shape index (κ1) is 58.7. The fourth-order valence-electron chi connectivity index (χ4n) is 8.60. The van der Waals surface area contributed by atoms with Gasteiger partial charge in [0, 0.05) is 48.6 Å². The van der Waals surface area contributed by atoms with Crippen LogP contribution in [0.3, 0.4) is 0 Å². The molecule has 0 N–H and O–H groups in total. The molecule has 1 aliphatic heterocycles. The topological polar surface area (TPSA) is 139 Å². The number of rotatable bonds is 29. The van der Waals surface area contributed by atoms with Crippen molar-refractivity contribution in [3.63, 3.8) is 0 Å². The van der Waals surface area contributed by atoms with E-state index in [0.717, 1.165) is 79.6 Å². The Balaban J connectivity index is 0.00000704.